The van der Waals surface area contributed by atoms with Crippen LogP contribution >= 0.6 is 0 Å². The van der Waals surface area contributed by atoms with Crippen molar-refractivity contribution in [3.63, 3.8) is 0 Å². The predicted octanol–water partition coefficient (Wildman–Crippen LogP) is 3.65. The Morgan fingerprint density at radius 1 is 1.12 bits per heavy atom. The minimum atomic E-state index is -0.970. The monoisotopic (exact) mass is 222 g/mol. The van der Waals surface area contributed by atoms with Gasteiger partial charge in [0.2, 0.25) is 0 Å². The zero-order valence-electron chi connectivity index (χ0n) is 8.80. The number of Topliss-reactive ketones (excluding diaryl/α,β-unsaturated/α-hetero) is 1. The van der Waals surface area contributed by atoms with Crippen LogP contribution in [0.2, 0.25) is 0 Å². The molecule has 0 aliphatic heterocycles. The molecule has 84 valence electrons. The van der Waals surface area contributed by atoms with Crippen LogP contribution in [-0.4, -0.2) is 5.78 Å². The van der Waals surface area contributed by atoms with Gasteiger partial charge in [-0.1, -0.05) is 6.08 Å². The van der Waals surface area contributed by atoms with Gasteiger partial charge in [0.15, 0.2) is 17.4 Å². The number of ketones is 1. The number of carbonyl (C=O) groups is 1. The van der Waals surface area contributed by atoms with Gasteiger partial charge in [0.1, 0.15) is 0 Å². The van der Waals surface area contributed by atoms with Gasteiger partial charge in [-0.05, 0) is 49.5 Å². The van der Waals surface area contributed by atoms with Crippen molar-refractivity contribution in [2.75, 3.05) is 0 Å². The number of hydrogen-bond donors (Lipinski definition) is 0. The number of rotatable bonds is 2. The van der Waals surface area contributed by atoms with Crippen molar-refractivity contribution in [2.24, 2.45) is 0 Å². The average molecular weight is 222 g/mol. The van der Waals surface area contributed by atoms with Crippen molar-refractivity contribution in [1.82, 2.24) is 0 Å². The molecule has 16 heavy (non-hydrogen) atoms. The Kier molecular flexibility index (Phi) is 3.13. The molecule has 1 aliphatic carbocycles. The molecule has 0 bridgehead atoms. The number of benzene rings is 1. The summed E-state index contributed by atoms with van der Waals surface area (Å²) in [5.74, 6) is -2.07. The van der Waals surface area contributed by atoms with Gasteiger partial charge in [0, 0.05) is 5.56 Å². The Morgan fingerprint density at radius 2 is 1.94 bits per heavy atom. The first kappa shape index (κ1) is 11.0. The SMILES string of the molecule is O=C(C1=CCCCC1)c1ccc(F)c(F)c1. The summed E-state index contributed by atoms with van der Waals surface area (Å²) in [7, 11) is 0. The molecule has 0 atom stereocenters. The largest absolute Gasteiger partial charge is 0.289 e. The molecule has 1 aromatic rings. The summed E-state index contributed by atoms with van der Waals surface area (Å²) < 4.78 is 25.7. The number of carbonyl (C=O) groups excluding carboxylic acids is 1. The van der Waals surface area contributed by atoms with E-state index in [1.54, 1.807) is 0 Å². The Balaban J connectivity index is 2.26. The molecule has 0 saturated carbocycles. The van der Waals surface area contributed by atoms with Crippen LogP contribution in [0.3, 0.4) is 0 Å². The molecule has 0 fully saturated rings. The van der Waals surface area contributed by atoms with Crippen LogP contribution in [0.5, 0.6) is 0 Å². The van der Waals surface area contributed by atoms with E-state index in [9.17, 15) is 13.6 Å². The van der Waals surface area contributed by atoms with Crippen molar-refractivity contribution in [2.45, 2.75) is 25.7 Å². The Morgan fingerprint density at radius 3 is 2.56 bits per heavy atom. The molecule has 0 radical (unpaired) electrons. The van der Waals surface area contributed by atoms with Crippen molar-refractivity contribution < 1.29 is 13.6 Å². The highest BCUT2D eigenvalue weighted by molar-refractivity contribution is 6.08. The highest BCUT2D eigenvalue weighted by Gasteiger charge is 2.15. The first-order valence-corrected chi connectivity index (χ1v) is 5.37. The fraction of sp³-hybridized carbons (Fsp3) is 0.308. The maximum atomic E-state index is 13.0. The molecule has 0 unspecified atom stereocenters. The summed E-state index contributed by atoms with van der Waals surface area (Å²) in [5.41, 5.74) is 0.948. The van der Waals surface area contributed by atoms with E-state index in [2.05, 4.69) is 0 Å². The van der Waals surface area contributed by atoms with Crippen molar-refractivity contribution in [3.8, 4) is 0 Å². The zero-order chi connectivity index (χ0) is 11.5. The highest BCUT2D eigenvalue weighted by Crippen LogP contribution is 2.22. The molecule has 0 amide bonds. The number of halogens is 2. The molecule has 0 saturated heterocycles. The van der Waals surface area contributed by atoms with E-state index in [0.717, 1.165) is 43.4 Å². The van der Waals surface area contributed by atoms with Crippen molar-refractivity contribution in [1.29, 1.82) is 0 Å². The lowest BCUT2D eigenvalue weighted by Gasteiger charge is -2.11. The second kappa shape index (κ2) is 4.56. The molecule has 3 heteroatoms. The molecule has 0 heterocycles. The lowest BCUT2D eigenvalue weighted by atomic mass is 9.93. The van der Waals surface area contributed by atoms with E-state index in [1.165, 1.54) is 6.07 Å². The third-order valence-electron chi connectivity index (χ3n) is 2.76. The van der Waals surface area contributed by atoms with Crippen molar-refractivity contribution >= 4 is 5.78 Å². The predicted molar refractivity (Wildman–Crippen MR) is 57.2 cm³/mol. The molecule has 0 spiro atoms. The van der Waals surface area contributed by atoms with E-state index in [4.69, 9.17) is 0 Å². The smallest absolute Gasteiger partial charge is 0.188 e. The summed E-state index contributed by atoms with van der Waals surface area (Å²) in [6.45, 7) is 0. The van der Waals surface area contributed by atoms with Gasteiger partial charge < -0.3 is 0 Å². The number of hydrogen-bond acceptors (Lipinski definition) is 1. The quantitative estimate of drug-likeness (QED) is 0.698. The Bertz CT molecular complexity index is 449. The summed E-state index contributed by atoms with van der Waals surface area (Å²) in [6, 6.07) is 3.29. The fourth-order valence-electron chi connectivity index (χ4n) is 1.87. The van der Waals surface area contributed by atoms with E-state index in [-0.39, 0.29) is 11.3 Å². The molecule has 0 aromatic heterocycles. The number of allylic oxidation sites excluding steroid dienone is 2. The first-order chi connectivity index (χ1) is 7.68. The lowest BCUT2D eigenvalue weighted by molar-refractivity contribution is 0.102. The molecule has 1 aliphatic rings. The van der Waals surface area contributed by atoms with Crippen LogP contribution in [-0.2, 0) is 0 Å². The summed E-state index contributed by atoms with van der Waals surface area (Å²) in [4.78, 5) is 11.9. The van der Waals surface area contributed by atoms with Gasteiger partial charge in [0.05, 0.1) is 0 Å². The van der Waals surface area contributed by atoms with Crippen LogP contribution in [0.4, 0.5) is 8.78 Å². The first-order valence-electron chi connectivity index (χ1n) is 5.37. The van der Waals surface area contributed by atoms with Gasteiger partial charge in [-0.2, -0.15) is 0 Å². The third-order valence-corrected chi connectivity index (χ3v) is 2.76. The van der Waals surface area contributed by atoms with Gasteiger partial charge in [-0.3, -0.25) is 4.79 Å². The molecule has 0 N–H and O–H groups in total. The third kappa shape index (κ3) is 2.18. The van der Waals surface area contributed by atoms with Crippen molar-refractivity contribution in [3.05, 3.63) is 47.0 Å². The van der Waals surface area contributed by atoms with Gasteiger partial charge in [0.25, 0.3) is 0 Å². The average Bonchev–Trinajstić information content (AvgIpc) is 2.33. The molecule has 2 rings (SSSR count). The van der Waals surface area contributed by atoms with E-state index in [1.807, 2.05) is 6.08 Å². The topological polar surface area (TPSA) is 17.1 Å². The summed E-state index contributed by atoms with van der Waals surface area (Å²) in [6.07, 6.45) is 5.60. The molecule has 1 nitrogen and oxygen atoms in total. The maximum Gasteiger partial charge on any atom is 0.188 e. The van der Waals surface area contributed by atoms with Crippen LogP contribution in [0, 0.1) is 11.6 Å². The van der Waals surface area contributed by atoms with Crippen LogP contribution < -0.4 is 0 Å². The molecular formula is C13H12F2O. The van der Waals surface area contributed by atoms with Gasteiger partial charge in [-0.15, -0.1) is 0 Å². The highest BCUT2D eigenvalue weighted by atomic mass is 19.2. The van der Waals surface area contributed by atoms with E-state index in [0.29, 0.717) is 0 Å². The normalized spacial score (nSPS) is 15.8. The molecule has 1 aromatic carbocycles. The van der Waals surface area contributed by atoms with Crippen LogP contribution in [0.1, 0.15) is 36.0 Å². The lowest BCUT2D eigenvalue weighted by Crippen LogP contribution is -2.07. The summed E-state index contributed by atoms with van der Waals surface area (Å²) in [5, 5.41) is 0. The van der Waals surface area contributed by atoms with Gasteiger partial charge in [-0.25, -0.2) is 8.78 Å². The molecular weight excluding hydrogens is 210 g/mol. The zero-order valence-corrected chi connectivity index (χ0v) is 8.80. The summed E-state index contributed by atoms with van der Waals surface area (Å²) >= 11 is 0. The second-order valence-electron chi connectivity index (χ2n) is 3.93. The Hall–Kier alpha value is -1.51. The minimum absolute atomic E-state index is 0.182. The maximum absolute atomic E-state index is 13.0. The van der Waals surface area contributed by atoms with Gasteiger partial charge >= 0.3 is 0 Å². The second-order valence-corrected chi connectivity index (χ2v) is 3.93. The van der Waals surface area contributed by atoms with Crippen LogP contribution in [0.25, 0.3) is 0 Å². The van der Waals surface area contributed by atoms with Crippen LogP contribution in [0.15, 0.2) is 29.8 Å². The standard InChI is InChI=1S/C13H12F2O/c14-11-7-6-10(8-12(11)15)13(16)9-4-2-1-3-5-9/h4,6-8H,1-3,5H2. The minimum Gasteiger partial charge on any atom is -0.289 e. The van der Waals surface area contributed by atoms with E-state index < -0.39 is 11.6 Å². The fourth-order valence-corrected chi connectivity index (χ4v) is 1.87. The Labute approximate surface area is 92.8 Å². The van der Waals surface area contributed by atoms with E-state index >= 15 is 0 Å².